The first-order valence-corrected chi connectivity index (χ1v) is 4.07. The van der Waals surface area contributed by atoms with Crippen LogP contribution < -0.4 is 5.32 Å². The van der Waals surface area contributed by atoms with Crippen molar-refractivity contribution >= 4 is 17.8 Å². The van der Waals surface area contributed by atoms with Crippen LogP contribution in [0.2, 0.25) is 0 Å². The summed E-state index contributed by atoms with van der Waals surface area (Å²) in [6.07, 6.45) is 1.43. The second kappa shape index (κ2) is 4.45. The Morgan fingerprint density at radius 1 is 1.57 bits per heavy atom. The van der Waals surface area contributed by atoms with E-state index in [0.717, 1.165) is 0 Å². The van der Waals surface area contributed by atoms with Crippen LogP contribution >= 0.6 is 0 Å². The molecule has 0 aliphatic heterocycles. The van der Waals surface area contributed by atoms with E-state index < -0.39 is 17.8 Å². The van der Waals surface area contributed by atoms with Gasteiger partial charge in [-0.2, -0.15) is 0 Å². The summed E-state index contributed by atoms with van der Waals surface area (Å²) in [6, 6.07) is 3.22. The Bertz CT molecular complexity index is 318. The van der Waals surface area contributed by atoms with E-state index in [9.17, 15) is 9.59 Å². The smallest absolute Gasteiger partial charge is 0.317 e. The van der Waals surface area contributed by atoms with Crippen molar-refractivity contribution in [2.24, 2.45) is 5.92 Å². The summed E-state index contributed by atoms with van der Waals surface area (Å²) in [6.45, 7) is 1.46. The summed E-state index contributed by atoms with van der Waals surface area (Å²) < 4.78 is 9.31. The van der Waals surface area contributed by atoms with Crippen LogP contribution in [-0.4, -0.2) is 19.0 Å². The lowest BCUT2D eigenvalue weighted by Gasteiger charge is -2.07. The predicted octanol–water partition coefficient (Wildman–Crippen LogP) is 1.03. The van der Waals surface area contributed by atoms with Gasteiger partial charge in [0.15, 0.2) is 5.88 Å². The second-order valence-corrected chi connectivity index (χ2v) is 2.71. The molecule has 1 rings (SSSR count). The number of anilines is 1. The molecule has 0 spiro atoms. The zero-order valence-electron chi connectivity index (χ0n) is 7.94. The molecule has 1 unspecified atom stereocenters. The van der Waals surface area contributed by atoms with Crippen LogP contribution in [0.1, 0.15) is 6.92 Å². The van der Waals surface area contributed by atoms with E-state index in [0.29, 0.717) is 5.88 Å². The van der Waals surface area contributed by atoms with Crippen LogP contribution in [0, 0.1) is 5.92 Å². The predicted molar refractivity (Wildman–Crippen MR) is 48.5 cm³/mol. The van der Waals surface area contributed by atoms with Crippen LogP contribution in [-0.2, 0) is 14.3 Å². The van der Waals surface area contributed by atoms with Gasteiger partial charge in [0.05, 0.1) is 13.4 Å². The normalized spacial score (nSPS) is 11.9. The number of ether oxygens (including phenoxy) is 1. The summed E-state index contributed by atoms with van der Waals surface area (Å²) >= 11 is 0. The molecule has 0 saturated heterocycles. The van der Waals surface area contributed by atoms with Crippen molar-refractivity contribution in [3.8, 4) is 0 Å². The average molecular weight is 197 g/mol. The molecule has 1 amide bonds. The number of methoxy groups -OCH3 is 1. The molecule has 76 valence electrons. The van der Waals surface area contributed by atoms with Gasteiger partial charge in [0.25, 0.3) is 0 Å². The fourth-order valence-electron chi connectivity index (χ4n) is 0.863. The fourth-order valence-corrected chi connectivity index (χ4v) is 0.863. The number of carbonyl (C=O) groups is 2. The Balaban J connectivity index is 2.54. The quantitative estimate of drug-likeness (QED) is 0.580. The number of hydrogen-bond donors (Lipinski definition) is 1. The molecule has 1 N–H and O–H groups in total. The van der Waals surface area contributed by atoms with E-state index in [1.165, 1.54) is 20.3 Å². The van der Waals surface area contributed by atoms with Crippen molar-refractivity contribution < 1.29 is 18.7 Å². The molecule has 0 saturated carbocycles. The molecule has 5 heteroatoms. The van der Waals surface area contributed by atoms with Gasteiger partial charge >= 0.3 is 5.97 Å². The average Bonchev–Trinajstić information content (AvgIpc) is 2.68. The third-order valence-electron chi connectivity index (χ3n) is 1.72. The molecule has 1 aromatic rings. The van der Waals surface area contributed by atoms with Crippen LogP contribution in [0.5, 0.6) is 0 Å². The van der Waals surface area contributed by atoms with Crippen molar-refractivity contribution in [1.82, 2.24) is 0 Å². The number of nitrogens with one attached hydrogen (secondary N) is 1. The Labute approximate surface area is 81.0 Å². The Hall–Kier alpha value is -1.78. The lowest BCUT2D eigenvalue weighted by Crippen LogP contribution is -2.27. The van der Waals surface area contributed by atoms with Gasteiger partial charge in [-0.05, 0) is 13.0 Å². The zero-order chi connectivity index (χ0) is 10.6. The van der Waals surface area contributed by atoms with Gasteiger partial charge in [0.2, 0.25) is 5.91 Å². The van der Waals surface area contributed by atoms with Crippen molar-refractivity contribution in [3.63, 3.8) is 0 Å². The number of esters is 1. The van der Waals surface area contributed by atoms with Gasteiger partial charge in [-0.15, -0.1) is 0 Å². The summed E-state index contributed by atoms with van der Waals surface area (Å²) in [5.74, 6) is -1.56. The Morgan fingerprint density at radius 2 is 2.29 bits per heavy atom. The number of carbonyl (C=O) groups excluding carboxylic acids is 2. The van der Waals surface area contributed by atoms with E-state index in [1.807, 2.05) is 0 Å². The molecule has 1 heterocycles. The van der Waals surface area contributed by atoms with Gasteiger partial charge in [0.1, 0.15) is 5.92 Å². The first-order valence-electron chi connectivity index (χ1n) is 4.07. The molecule has 0 aliphatic carbocycles. The number of rotatable bonds is 3. The van der Waals surface area contributed by atoms with Crippen molar-refractivity contribution in [3.05, 3.63) is 18.4 Å². The van der Waals surface area contributed by atoms with E-state index in [1.54, 1.807) is 12.1 Å². The lowest BCUT2D eigenvalue weighted by atomic mass is 10.2. The van der Waals surface area contributed by atoms with Crippen molar-refractivity contribution in [2.75, 3.05) is 12.4 Å². The van der Waals surface area contributed by atoms with Crippen LogP contribution in [0.4, 0.5) is 5.88 Å². The minimum atomic E-state index is -0.843. The number of furan rings is 1. The summed E-state index contributed by atoms with van der Waals surface area (Å²) in [7, 11) is 1.24. The summed E-state index contributed by atoms with van der Waals surface area (Å²) in [4.78, 5) is 22.3. The second-order valence-electron chi connectivity index (χ2n) is 2.71. The maximum Gasteiger partial charge on any atom is 0.317 e. The minimum Gasteiger partial charge on any atom is -0.468 e. The van der Waals surface area contributed by atoms with Gasteiger partial charge in [-0.3, -0.25) is 14.9 Å². The van der Waals surface area contributed by atoms with Crippen molar-refractivity contribution in [1.29, 1.82) is 0 Å². The van der Waals surface area contributed by atoms with E-state index >= 15 is 0 Å². The molecule has 0 aliphatic rings. The maximum absolute atomic E-state index is 11.3. The Kier molecular flexibility index (Phi) is 3.28. The summed E-state index contributed by atoms with van der Waals surface area (Å²) in [5, 5.41) is 2.43. The monoisotopic (exact) mass is 197 g/mol. The topological polar surface area (TPSA) is 68.5 Å². The summed E-state index contributed by atoms with van der Waals surface area (Å²) in [5.41, 5.74) is 0. The SMILES string of the molecule is COC(=O)C(C)C(=O)Nc1ccco1. The highest BCUT2D eigenvalue weighted by Gasteiger charge is 2.22. The van der Waals surface area contributed by atoms with Gasteiger partial charge in [-0.25, -0.2) is 0 Å². The number of hydrogen-bond acceptors (Lipinski definition) is 4. The molecular formula is C9H11NO4. The molecule has 5 nitrogen and oxygen atoms in total. The number of amides is 1. The van der Waals surface area contributed by atoms with E-state index in [2.05, 4.69) is 10.1 Å². The Morgan fingerprint density at radius 3 is 2.79 bits per heavy atom. The van der Waals surface area contributed by atoms with E-state index in [4.69, 9.17) is 4.42 Å². The molecular weight excluding hydrogens is 186 g/mol. The van der Waals surface area contributed by atoms with Crippen molar-refractivity contribution in [2.45, 2.75) is 6.92 Å². The van der Waals surface area contributed by atoms with Gasteiger partial charge < -0.3 is 9.15 Å². The van der Waals surface area contributed by atoms with Crippen LogP contribution in [0.3, 0.4) is 0 Å². The van der Waals surface area contributed by atoms with Gasteiger partial charge in [0, 0.05) is 6.07 Å². The molecule has 1 atom stereocenters. The van der Waals surface area contributed by atoms with E-state index in [-0.39, 0.29) is 0 Å². The molecule has 1 aromatic heterocycles. The molecule has 0 bridgehead atoms. The minimum absolute atomic E-state index is 0.311. The standard InChI is InChI=1S/C9H11NO4/c1-6(9(12)13-2)8(11)10-7-4-3-5-14-7/h3-6H,1-2H3,(H,10,11). The molecule has 14 heavy (non-hydrogen) atoms. The molecule has 0 aromatic carbocycles. The third kappa shape index (κ3) is 2.35. The highest BCUT2D eigenvalue weighted by atomic mass is 16.5. The molecule has 0 radical (unpaired) electrons. The molecule has 0 fully saturated rings. The highest BCUT2D eigenvalue weighted by Crippen LogP contribution is 2.09. The van der Waals surface area contributed by atoms with Crippen LogP contribution in [0.25, 0.3) is 0 Å². The highest BCUT2D eigenvalue weighted by molar-refractivity contribution is 6.03. The van der Waals surface area contributed by atoms with Gasteiger partial charge in [-0.1, -0.05) is 0 Å². The maximum atomic E-state index is 11.3. The van der Waals surface area contributed by atoms with Crippen LogP contribution in [0.15, 0.2) is 22.8 Å². The largest absolute Gasteiger partial charge is 0.468 e. The zero-order valence-corrected chi connectivity index (χ0v) is 7.94. The lowest BCUT2D eigenvalue weighted by molar-refractivity contribution is -0.147. The first-order chi connectivity index (χ1) is 6.65. The fraction of sp³-hybridized carbons (Fsp3) is 0.333. The third-order valence-corrected chi connectivity index (χ3v) is 1.72. The first kappa shape index (κ1) is 10.3.